The van der Waals surface area contributed by atoms with E-state index < -0.39 is 6.04 Å². The molecule has 0 aliphatic rings. The highest BCUT2D eigenvalue weighted by Gasteiger charge is 2.20. The Hall–Kier alpha value is -2.17. The Morgan fingerprint density at radius 1 is 1.40 bits per heavy atom. The maximum Gasteiger partial charge on any atom is 0.170 e. The number of aromatic nitrogens is 1. The summed E-state index contributed by atoms with van der Waals surface area (Å²) in [6.07, 6.45) is 5.20. The molecule has 2 aromatic rings. The minimum atomic E-state index is -0.403. The highest BCUT2D eigenvalue weighted by atomic mass is 16.4. The summed E-state index contributed by atoms with van der Waals surface area (Å²) < 4.78 is 7.05. The van der Waals surface area contributed by atoms with E-state index in [0.29, 0.717) is 5.76 Å². The zero-order valence-corrected chi connectivity index (χ0v) is 7.95. The second-order valence-electron chi connectivity index (χ2n) is 3.07. The molecular formula is C10H11N3O2. The van der Waals surface area contributed by atoms with Gasteiger partial charge in [0.05, 0.1) is 6.26 Å². The van der Waals surface area contributed by atoms with Gasteiger partial charge in [-0.25, -0.2) is 0 Å². The first-order valence-corrected chi connectivity index (χ1v) is 4.46. The Morgan fingerprint density at radius 2 is 2.13 bits per heavy atom. The molecule has 1 atom stereocenters. The highest BCUT2D eigenvalue weighted by molar-refractivity contribution is 5.86. The fourth-order valence-electron chi connectivity index (χ4n) is 1.47. The van der Waals surface area contributed by atoms with Crippen molar-refractivity contribution in [3.8, 4) is 0 Å². The van der Waals surface area contributed by atoms with E-state index in [1.165, 1.54) is 0 Å². The van der Waals surface area contributed by atoms with Crippen LogP contribution >= 0.6 is 0 Å². The fourth-order valence-corrected chi connectivity index (χ4v) is 1.47. The van der Waals surface area contributed by atoms with Crippen LogP contribution in [-0.2, 0) is 0 Å². The van der Waals surface area contributed by atoms with Crippen LogP contribution in [0.25, 0.3) is 0 Å². The lowest BCUT2D eigenvalue weighted by atomic mass is 10.2. The van der Waals surface area contributed by atoms with Crippen LogP contribution in [0.1, 0.15) is 11.8 Å². The monoisotopic (exact) mass is 205 g/mol. The fraction of sp³-hybridized carbons (Fsp3) is 0.100. The Labute approximate surface area is 86.4 Å². The van der Waals surface area contributed by atoms with Gasteiger partial charge in [-0.1, -0.05) is 5.16 Å². The summed E-state index contributed by atoms with van der Waals surface area (Å²) >= 11 is 0. The van der Waals surface area contributed by atoms with Gasteiger partial charge < -0.3 is 19.9 Å². The first kappa shape index (κ1) is 9.39. The lowest BCUT2D eigenvalue weighted by Crippen LogP contribution is -2.26. The second-order valence-corrected chi connectivity index (χ2v) is 3.07. The SMILES string of the molecule is NC(=NO)[C@@H](c1ccco1)n1cccc1. The number of furan rings is 1. The summed E-state index contributed by atoms with van der Waals surface area (Å²) in [4.78, 5) is 0. The second kappa shape index (κ2) is 3.91. The molecule has 78 valence electrons. The molecule has 0 saturated heterocycles. The van der Waals surface area contributed by atoms with Gasteiger partial charge in [-0.15, -0.1) is 0 Å². The van der Waals surface area contributed by atoms with Crippen molar-refractivity contribution in [1.82, 2.24) is 4.57 Å². The third kappa shape index (κ3) is 1.71. The van der Waals surface area contributed by atoms with Crippen LogP contribution in [0, 0.1) is 0 Å². The standard InChI is InChI=1S/C10H11N3O2/c11-10(12-14)9(8-4-3-7-15-8)13-5-1-2-6-13/h1-7,9,14H,(H2,11,12)/t9-/m1/s1. The maximum absolute atomic E-state index is 8.71. The van der Waals surface area contributed by atoms with Crippen molar-refractivity contribution in [2.24, 2.45) is 10.9 Å². The molecule has 0 aliphatic heterocycles. The van der Waals surface area contributed by atoms with Gasteiger partial charge in [0.2, 0.25) is 0 Å². The van der Waals surface area contributed by atoms with E-state index in [2.05, 4.69) is 5.16 Å². The first-order valence-electron chi connectivity index (χ1n) is 4.46. The van der Waals surface area contributed by atoms with Crippen LogP contribution in [0.2, 0.25) is 0 Å². The number of oxime groups is 1. The summed E-state index contributed by atoms with van der Waals surface area (Å²) in [5, 5.41) is 11.7. The van der Waals surface area contributed by atoms with E-state index in [-0.39, 0.29) is 5.84 Å². The normalized spacial score (nSPS) is 14.0. The Balaban J connectivity index is 2.42. The lowest BCUT2D eigenvalue weighted by Gasteiger charge is -2.14. The molecule has 3 N–H and O–H groups in total. The molecule has 0 radical (unpaired) electrons. The maximum atomic E-state index is 8.71. The molecule has 0 amide bonds. The van der Waals surface area contributed by atoms with E-state index in [1.807, 2.05) is 24.5 Å². The lowest BCUT2D eigenvalue weighted by molar-refractivity contribution is 0.313. The van der Waals surface area contributed by atoms with Crippen LogP contribution in [0.15, 0.2) is 52.5 Å². The predicted octanol–water partition coefficient (Wildman–Crippen LogP) is 1.42. The molecule has 5 heteroatoms. The molecule has 2 rings (SSSR count). The van der Waals surface area contributed by atoms with Crippen LogP contribution in [0.4, 0.5) is 0 Å². The molecule has 0 fully saturated rings. The summed E-state index contributed by atoms with van der Waals surface area (Å²) in [5.74, 6) is 0.711. The summed E-state index contributed by atoms with van der Waals surface area (Å²) in [7, 11) is 0. The number of nitrogens with two attached hydrogens (primary N) is 1. The molecule has 2 heterocycles. The number of rotatable bonds is 3. The van der Waals surface area contributed by atoms with Crippen molar-refractivity contribution >= 4 is 5.84 Å². The van der Waals surface area contributed by atoms with Gasteiger partial charge in [-0.3, -0.25) is 0 Å². The minimum Gasteiger partial charge on any atom is -0.467 e. The van der Waals surface area contributed by atoms with E-state index in [9.17, 15) is 0 Å². The summed E-state index contributed by atoms with van der Waals surface area (Å²) in [5.41, 5.74) is 5.62. The van der Waals surface area contributed by atoms with Crippen LogP contribution in [0.3, 0.4) is 0 Å². The van der Waals surface area contributed by atoms with Crippen molar-refractivity contribution < 1.29 is 9.62 Å². The van der Waals surface area contributed by atoms with Crippen LogP contribution in [-0.4, -0.2) is 15.6 Å². The molecule has 0 unspecified atom stereocenters. The molecule has 0 aromatic carbocycles. The van der Waals surface area contributed by atoms with E-state index in [0.717, 1.165) is 0 Å². The predicted molar refractivity (Wildman–Crippen MR) is 54.7 cm³/mol. The molecule has 0 aliphatic carbocycles. The Bertz CT molecular complexity index is 397. The van der Waals surface area contributed by atoms with Crippen molar-refractivity contribution in [3.05, 3.63) is 48.7 Å². The Morgan fingerprint density at radius 3 is 2.67 bits per heavy atom. The third-order valence-electron chi connectivity index (χ3n) is 2.13. The van der Waals surface area contributed by atoms with E-state index in [4.69, 9.17) is 15.4 Å². The first-order chi connectivity index (χ1) is 7.33. The zero-order chi connectivity index (χ0) is 10.7. The van der Waals surface area contributed by atoms with Crippen molar-refractivity contribution in [3.63, 3.8) is 0 Å². The topological polar surface area (TPSA) is 76.7 Å². The molecule has 2 aromatic heterocycles. The van der Waals surface area contributed by atoms with Gasteiger partial charge in [0.15, 0.2) is 11.9 Å². The Kier molecular flexibility index (Phi) is 2.45. The number of amidine groups is 1. The molecule has 0 saturated carbocycles. The minimum absolute atomic E-state index is 0.0844. The number of hydrogen-bond acceptors (Lipinski definition) is 3. The van der Waals surface area contributed by atoms with E-state index >= 15 is 0 Å². The van der Waals surface area contributed by atoms with Crippen molar-refractivity contribution in [1.29, 1.82) is 0 Å². The molecule has 0 spiro atoms. The van der Waals surface area contributed by atoms with Crippen molar-refractivity contribution in [2.75, 3.05) is 0 Å². The van der Waals surface area contributed by atoms with Crippen molar-refractivity contribution in [2.45, 2.75) is 6.04 Å². The average Bonchev–Trinajstić information content (AvgIpc) is 2.90. The van der Waals surface area contributed by atoms with Gasteiger partial charge in [0.25, 0.3) is 0 Å². The number of nitrogens with zero attached hydrogens (tertiary/aromatic N) is 2. The summed E-state index contributed by atoms with van der Waals surface area (Å²) in [6, 6.07) is 6.86. The van der Waals surface area contributed by atoms with Crippen LogP contribution < -0.4 is 5.73 Å². The quantitative estimate of drug-likeness (QED) is 0.344. The van der Waals surface area contributed by atoms with Gasteiger partial charge in [0.1, 0.15) is 5.76 Å². The van der Waals surface area contributed by atoms with Gasteiger partial charge in [-0.05, 0) is 24.3 Å². The molecule has 15 heavy (non-hydrogen) atoms. The number of hydrogen-bond donors (Lipinski definition) is 2. The third-order valence-corrected chi connectivity index (χ3v) is 2.13. The van der Waals surface area contributed by atoms with Crippen LogP contribution in [0.5, 0.6) is 0 Å². The molecule has 5 nitrogen and oxygen atoms in total. The van der Waals surface area contributed by atoms with Gasteiger partial charge in [-0.2, -0.15) is 0 Å². The largest absolute Gasteiger partial charge is 0.467 e. The van der Waals surface area contributed by atoms with Gasteiger partial charge in [0, 0.05) is 12.4 Å². The average molecular weight is 205 g/mol. The highest BCUT2D eigenvalue weighted by Crippen LogP contribution is 2.19. The molecule has 0 bridgehead atoms. The summed E-state index contributed by atoms with van der Waals surface area (Å²) in [6.45, 7) is 0. The zero-order valence-electron chi connectivity index (χ0n) is 7.95. The van der Waals surface area contributed by atoms with Gasteiger partial charge >= 0.3 is 0 Å². The smallest absolute Gasteiger partial charge is 0.170 e. The molecular weight excluding hydrogens is 194 g/mol. The van der Waals surface area contributed by atoms with E-state index in [1.54, 1.807) is 23.0 Å².